The number of ether oxygens (including phenoxy) is 1. The summed E-state index contributed by atoms with van der Waals surface area (Å²) >= 11 is 5.47. The molecule has 0 unspecified atom stereocenters. The molecule has 2 aromatic rings. The second-order valence-electron chi connectivity index (χ2n) is 6.41. The molecule has 0 saturated carbocycles. The maximum atomic E-state index is 12.2. The summed E-state index contributed by atoms with van der Waals surface area (Å²) in [6.07, 6.45) is 0. The summed E-state index contributed by atoms with van der Waals surface area (Å²) in [6, 6.07) is 13.9. The number of carbonyl (C=O) groups is 1. The third kappa shape index (κ3) is 5.16. The van der Waals surface area contributed by atoms with Crippen LogP contribution in [0.3, 0.4) is 0 Å². The Bertz CT molecular complexity index is 820. The zero-order valence-electron chi connectivity index (χ0n) is 15.4. The lowest BCUT2D eigenvalue weighted by molar-refractivity contribution is -0.0498. The van der Waals surface area contributed by atoms with Crippen LogP contribution >= 0.6 is 12.2 Å². The summed E-state index contributed by atoms with van der Waals surface area (Å²) in [6.45, 7) is 1.85. The number of rotatable bonds is 5. The maximum absolute atomic E-state index is 12.2. The topological polar surface area (TPSA) is 44.8 Å². The van der Waals surface area contributed by atoms with Crippen LogP contribution in [0.2, 0.25) is 0 Å². The quantitative estimate of drug-likeness (QED) is 0.599. The molecule has 0 atom stereocenters. The Hall–Kier alpha value is -2.74. The number of hydrogen-bond donors (Lipinski definition) is 1. The van der Waals surface area contributed by atoms with Gasteiger partial charge in [0.25, 0.3) is 0 Å². The van der Waals surface area contributed by atoms with E-state index in [1.807, 2.05) is 24.3 Å². The number of piperazine rings is 1. The fraction of sp³-hybridized carbons (Fsp3) is 0.300. The van der Waals surface area contributed by atoms with E-state index in [1.54, 1.807) is 19.1 Å². The zero-order chi connectivity index (χ0) is 20.1. The van der Waals surface area contributed by atoms with Crippen LogP contribution in [0.4, 0.5) is 20.2 Å². The van der Waals surface area contributed by atoms with E-state index >= 15 is 0 Å². The Balaban J connectivity index is 1.51. The van der Waals surface area contributed by atoms with Crippen molar-refractivity contribution >= 4 is 34.5 Å². The van der Waals surface area contributed by atoms with Gasteiger partial charge < -0.3 is 19.9 Å². The minimum atomic E-state index is -2.84. The van der Waals surface area contributed by atoms with E-state index in [0.717, 1.165) is 31.9 Å². The van der Waals surface area contributed by atoms with Crippen molar-refractivity contribution in [1.29, 1.82) is 0 Å². The van der Waals surface area contributed by atoms with Crippen LogP contribution in [0, 0.1) is 0 Å². The summed E-state index contributed by atoms with van der Waals surface area (Å²) in [4.78, 5) is 15.7. The van der Waals surface area contributed by atoms with Gasteiger partial charge in [-0.1, -0.05) is 0 Å². The minimum Gasteiger partial charge on any atom is -0.435 e. The summed E-state index contributed by atoms with van der Waals surface area (Å²) in [7, 11) is 0. The molecule has 0 radical (unpaired) electrons. The smallest absolute Gasteiger partial charge is 0.387 e. The number of nitrogens with zero attached hydrogens (tertiary/aromatic N) is 2. The molecule has 1 saturated heterocycles. The SMILES string of the molecule is CC(=O)c1ccc(N2CCN(C(=S)Nc3ccc(OC(F)F)cc3)CC2)cc1. The normalized spacial score (nSPS) is 14.1. The van der Waals surface area contributed by atoms with Gasteiger partial charge in [-0.3, -0.25) is 4.79 Å². The van der Waals surface area contributed by atoms with Gasteiger partial charge in [-0.15, -0.1) is 0 Å². The van der Waals surface area contributed by atoms with Crippen LogP contribution in [0.1, 0.15) is 17.3 Å². The van der Waals surface area contributed by atoms with Crippen molar-refractivity contribution in [2.75, 3.05) is 36.4 Å². The van der Waals surface area contributed by atoms with Gasteiger partial charge in [0.15, 0.2) is 10.9 Å². The molecule has 28 heavy (non-hydrogen) atoms. The summed E-state index contributed by atoms with van der Waals surface area (Å²) in [5, 5.41) is 3.72. The van der Waals surface area contributed by atoms with Crippen molar-refractivity contribution in [3.05, 3.63) is 54.1 Å². The molecule has 148 valence electrons. The van der Waals surface area contributed by atoms with Crippen LogP contribution in [0.15, 0.2) is 48.5 Å². The van der Waals surface area contributed by atoms with Crippen molar-refractivity contribution < 1.29 is 18.3 Å². The van der Waals surface area contributed by atoms with Crippen LogP contribution in [-0.2, 0) is 0 Å². The Morgan fingerprint density at radius 1 is 1.04 bits per heavy atom. The number of anilines is 2. The third-order valence-electron chi connectivity index (χ3n) is 4.54. The highest BCUT2D eigenvalue weighted by Gasteiger charge is 2.19. The first kappa shape index (κ1) is 20.0. The lowest BCUT2D eigenvalue weighted by Gasteiger charge is -2.37. The molecule has 3 rings (SSSR count). The number of ketones is 1. The predicted octanol–water partition coefficient (Wildman–Crippen LogP) is 4.01. The van der Waals surface area contributed by atoms with E-state index in [2.05, 4.69) is 19.9 Å². The number of nitrogens with one attached hydrogen (secondary N) is 1. The first-order valence-corrected chi connectivity index (χ1v) is 9.30. The molecule has 0 spiro atoms. The highest BCUT2D eigenvalue weighted by molar-refractivity contribution is 7.80. The second-order valence-corrected chi connectivity index (χ2v) is 6.80. The van der Waals surface area contributed by atoms with Crippen molar-refractivity contribution in [2.24, 2.45) is 0 Å². The number of halogens is 2. The number of benzene rings is 2. The molecule has 0 aliphatic carbocycles. The van der Waals surface area contributed by atoms with Crippen molar-refractivity contribution in [3.63, 3.8) is 0 Å². The Labute approximate surface area is 167 Å². The number of carbonyl (C=O) groups excluding carboxylic acids is 1. The standard InChI is InChI=1S/C20H21F2N3O2S/c1-14(26)15-2-6-17(7-3-15)24-10-12-25(13-11-24)20(28)23-16-4-8-18(9-5-16)27-19(21)22/h2-9,19H,10-13H2,1H3,(H,23,28). The number of Topliss-reactive ketones (excluding diaryl/α,β-unsaturated/α-hetero) is 1. The molecule has 8 heteroatoms. The first-order chi connectivity index (χ1) is 13.4. The van der Waals surface area contributed by atoms with Gasteiger partial charge >= 0.3 is 6.61 Å². The number of hydrogen-bond acceptors (Lipinski definition) is 4. The highest BCUT2D eigenvalue weighted by atomic mass is 32.1. The fourth-order valence-electron chi connectivity index (χ4n) is 3.00. The molecule has 1 N–H and O–H groups in total. The van der Waals surface area contributed by atoms with Crippen molar-refractivity contribution in [2.45, 2.75) is 13.5 Å². The Morgan fingerprint density at radius 2 is 1.64 bits per heavy atom. The lowest BCUT2D eigenvalue weighted by Crippen LogP contribution is -2.50. The average molecular weight is 405 g/mol. The molecular formula is C20H21F2N3O2S. The highest BCUT2D eigenvalue weighted by Crippen LogP contribution is 2.20. The van der Waals surface area contributed by atoms with E-state index in [9.17, 15) is 13.6 Å². The fourth-order valence-corrected chi connectivity index (χ4v) is 3.30. The van der Waals surface area contributed by atoms with E-state index in [4.69, 9.17) is 12.2 Å². The molecule has 2 aromatic carbocycles. The Kier molecular flexibility index (Phi) is 6.41. The zero-order valence-corrected chi connectivity index (χ0v) is 16.2. The molecular weight excluding hydrogens is 384 g/mol. The van der Waals surface area contributed by atoms with Crippen LogP contribution in [0.5, 0.6) is 5.75 Å². The van der Waals surface area contributed by atoms with Gasteiger partial charge in [-0.2, -0.15) is 8.78 Å². The van der Waals surface area contributed by atoms with Gasteiger partial charge in [-0.25, -0.2) is 0 Å². The van der Waals surface area contributed by atoms with Crippen molar-refractivity contribution in [3.8, 4) is 5.75 Å². The van der Waals surface area contributed by atoms with Crippen LogP contribution in [0.25, 0.3) is 0 Å². The van der Waals surface area contributed by atoms with Gasteiger partial charge in [0.05, 0.1) is 0 Å². The lowest BCUT2D eigenvalue weighted by atomic mass is 10.1. The van der Waals surface area contributed by atoms with E-state index in [-0.39, 0.29) is 11.5 Å². The number of alkyl halides is 2. The molecule has 5 nitrogen and oxygen atoms in total. The van der Waals surface area contributed by atoms with Gasteiger partial charge in [0, 0.05) is 43.1 Å². The molecule has 1 heterocycles. The van der Waals surface area contributed by atoms with Gasteiger partial charge in [-0.05, 0) is 67.7 Å². The van der Waals surface area contributed by atoms with E-state index < -0.39 is 6.61 Å². The Morgan fingerprint density at radius 3 is 2.18 bits per heavy atom. The first-order valence-electron chi connectivity index (χ1n) is 8.89. The van der Waals surface area contributed by atoms with Gasteiger partial charge in [0.2, 0.25) is 0 Å². The number of thiocarbonyl (C=S) groups is 1. The van der Waals surface area contributed by atoms with Crippen LogP contribution in [-0.4, -0.2) is 48.6 Å². The van der Waals surface area contributed by atoms with E-state index in [0.29, 0.717) is 16.4 Å². The molecule has 1 fully saturated rings. The predicted molar refractivity (Wildman–Crippen MR) is 110 cm³/mol. The van der Waals surface area contributed by atoms with Crippen LogP contribution < -0.4 is 15.0 Å². The summed E-state index contributed by atoms with van der Waals surface area (Å²) in [5.41, 5.74) is 2.50. The minimum absolute atomic E-state index is 0.0570. The largest absolute Gasteiger partial charge is 0.435 e. The summed E-state index contributed by atoms with van der Waals surface area (Å²) in [5.74, 6) is 0.164. The molecule has 0 amide bonds. The summed E-state index contributed by atoms with van der Waals surface area (Å²) < 4.78 is 28.7. The maximum Gasteiger partial charge on any atom is 0.387 e. The molecule has 0 aromatic heterocycles. The van der Waals surface area contributed by atoms with E-state index in [1.165, 1.54) is 12.1 Å². The monoisotopic (exact) mass is 405 g/mol. The molecule has 1 aliphatic rings. The van der Waals surface area contributed by atoms with Gasteiger partial charge in [0.1, 0.15) is 5.75 Å². The molecule has 1 aliphatic heterocycles. The van der Waals surface area contributed by atoms with Crippen molar-refractivity contribution in [1.82, 2.24) is 4.90 Å². The average Bonchev–Trinajstić information content (AvgIpc) is 2.69. The second kappa shape index (κ2) is 8.97. The third-order valence-corrected chi connectivity index (χ3v) is 4.90. The molecule has 0 bridgehead atoms.